The summed E-state index contributed by atoms with van der Waals surface area (Å²) in [5.41, 5.74) is 7.67. The third kappa shape index (κ3) is 9.00. The predicted octanol–water partition coefficient (Wildman–Crippen LogP) is 4.33. The zero-order valence-electron chi connectivity index (χ0n) is 20.1. The fourth-order valence-electron chi connectivity index (χ4n) is 3.85. The van der Waals surface area contributed by atoms with Crippen molar-refractivity contribution in [3.05, 3.63) is 51.4 Å². The molecule has 0 spiro atoms. The molecule has 1 aliphatic heterocycles. The number of nitrogens with two attached hydrogens (primary N) is 1. The predicted molar refractivity (Wildman–Crippen MR) is 147 cm³/mol. The van der Waals surface area contributed by atoms with E-state index >= 15 is 0 Å². The van der Waals surface area contributed by atoms with Gasteiger partial charge in [-0.05, 0) is 75.0 Å². The van der Waals surface area contributed by atoms with Crippen LogP contribution in [0.4, 0.5) is 5.82 Å². The number of rotatable bonds is 9. The molecule has 1 fully saturated rings. The lowest BCUT2D eigenvalue weighted by Crippen LogP contribution is -2.26. The van der Waals surface area contributed by atoms with E-state index in [9.17, 15) is 13.2 Å². The second kappa shape index (κ2) is 13.3. The van der Waals surface area contributed by atoms with Crippen molar-refractivity contribution in [2.45, 2.75) is 32.3 Å². The van der Waals surface area contributed by atoms with Gasteiger partial charge in [0.2, 0.25) is 0 Å². The fourth-order valence-corrected chi connectivity index (χ4v) is 5.19. The SMILES string of the molecule is CS(=O)(=O)O.Nc1ncc(C(=O)NCCCCN2CCCC2)c2scc(COc3ccc(Br)cc3)c12. The zero-order valence-corrected chi connectivity index (χ0v) is 23.3. The van der Waals surface area contributed by atoms with Gasteiger partial charge in [-0.2, -0.15) is 8.42 Å². The van der Waals surface area contributed by atoms with Gasteiger partial charge in [0, 0.05) is 28.2 Å². The molecule has 196 valence electrons. The Morgan fingerprint density at radius 1 is 1.25 bits per heavy atom. The standard InChI is InChI=1S/C23H27BrN4O2S.CH4O3S/c24-17-5-7-18(8-6-17)30-14-16-15-31-21-19(13-27-22(25)20(16)21)23(29)26-9-1-2-10-28-11-3-4-12-28;1-5(2,3)4/h5-8,13,15H,1-4,9-12,14H2,(H2,25,27)(H,26,29);1H3,(H,2,3,4). The number of fused-ring (bicyclic) bond motifs is 1. The van der Waals surface area contributed by atoms with Crippen molar-refractivity contribution < 1.29 is 22.5 Å². The van der Waals surface area contributed by atoms with Crippen LogP contribution in [-0.2, 0) is 16.7 Å². The summed E-state index contributed by atoms with van der Waals surface area (Å²) in [5, 5.41) is 5.84. The van der Waals surface area contributed by atoms with E-state index in [2.05, 4.69) is 31.1 Å². The lowest BCUT2D eigenvalue weighted by Gasteiger charge is -2.14. The Bertz CT molecular complexity index is 1250. The first-order valence-corrected chi connectivity index (χ1v) is 15.1. The summed E-state index contributed by atoms with van der Waals surface area (Å²) < 4.78 is 33.6. The number of hydrogen-bond acceptors (Lipinski definition) is 8. The summed E-state index contributed by atoms with van der Waals surface area (Å²) in [6.45, 7) is 4.59. The van der Waals surface area contributed by atoms with E-state index in [1.54, 1.807) is 6.20 Å². The summed E-state index contributed by atoms with van der Waals surface area (Å²) in [7, 11) is -3.67. The molecule has 1 aromatic carbocycles. The third-order valence-corrected chi connectivity index (χ3v) is 7.13. The molecule has 1 saturated heterocycles. The molecule has 4 rings (SSSR count). The monoisotopic (exact) mass is 598 g/mol. The molecule has 0 radical (unpaired) electrons. The molecule has 3 heterocycles. The number of hydrogen-bond donors (Lipinski definition) is 3. The van der Waals surface area contributed by atoms with E-state index in [4.69, 9.17) is 15.0 Å². The van der Waals surface area contributed by atoms with Crippen molar-refractivity contribution in [2.24, 2.45) is 0 Å². The van der Waals surface area contributed by atoms with Gasteiger partial charge in [-0.3, -0.25) is 9.35 Å². The summed E-state index contributed by atoms with van der Waals surface area (Å²) in [6.07, 6.45) is 7.00. The maximum atomic E-state index is 12.8. The second-order valence-corrected chi connectivity index (χ2v) is 11.8. The van der Waals surface area contributed by atoms with Crippen LogP contribution in [0, 0.1) is 0 Å². The van der Waals surface area contributed by atoms with Gasteiger partial charge >= 0.3 is 0 Å². The number of nitrogens with one attached hydrogen (secondary N) is 1. The Hall–Kier alpha value is -2.25. The van der Waals surface area contributed by atoms with Crippen LogP contribution in [0.15, 0.2) is 40.3 Å². The number of unbranched alkanes of at least 4 members (excludes halogenated alkanes) is 1. The highest BCUT2D eigenvalue weighted by molar-refractivity contribution is 9.10. The van der Waals surface area contributed by atoms with E-state index in [-0.39, 0.29) is 5.91 Å². The molecule has 0 aliphatic carbocycles. The first-order chi connectivity index (χ1) is 17.1. The molecular formula is C24H31BrN4O5S2. The molecule has 12 heteroatoms. The highest BCUT2D eigenvalue weighted by Crippen LogP contribution is 2.33. The minimum absolute atomic E-state index is 0.0964. The normalized spacial score (nSPS) is 13.9. The molecule has 0 bridgehead atoms. The topological polar surface area (TPSA) is 135 Å². The van der Waals surface area contributed by atoms with Crippen LogP contribution in [0.1, 0.15) is 41.6 Å². The van der Waals surface area contributed by atoms with E-state index in [0.29, 0.717) is 30.8 Å². The maximum Gasteiger partial charge on any atom is 0.261 e. The number of nitrogens with zero attached hydrogens (tertiary/aromatic N) is 2. The Balaban J connectivity index is 0.000000658. The lowest BCUT2D eigenvalue weighted by atomic mass is 10.1. The van der Waals surface area contributed by atoms with Crippen LogP contribution in [0.25, 0.3) is 10.1 Å². The van der Waals surface area contributed by atoms with Gasteiger partial charge in [0.05, 0.1) is 16.5 Å². The van der Waals surface area contributed by atoms with Crippen LogP contribution in [0.3, 0.4) is 0 Å². The van der Waals surface area contributed by atoms with Crippen molar-refractivity contribution in [3.63, 3.8) is 0 Å². The van der Waals surface area contributed by atoms with Crippen molar-refractivity contribution in [1.29, 1.82) is 0 Å². The number of carbonyl (C=O) groups is 1. The number of aromatic nitrogens is 1. The van der Waals surface area contributed by atoms with Crippen LogP contribution in [-0.4, -0.2) is 61.2 Å². The van der Waals surface area contributed by atoms with Crippen LogP contribution in [0.2, 0.25) is 0 Å². The van der Waals surface area contributed by atoms with E-state index in [0.717, 1.165) is 45.3 Å². The molecule has 4 N–H and O–H groups in total. The molecule has 9 nitrogen and oxygen atoms in total. The van der Waals surface area contributed by atoms with Gasteiger partial charge in [-0.1, -0.05) is 15.9 Å². The van der Waals surface area contributed by atoms with Crippen molar-refractivity contribution in [3.8, 4) is 5.75 Å². The summed E-state index contributed by atoms with van der Waals surface area (Å²) in [6, 6.07) is 7.68. The largest absolute Gasteiger partial charge is 0.489 e. The molecule has 3 aromatic rings. The third-order valence-electron chi connectivity index (χ3n) is 5.54. The number of thiophene rings is 1. The minimum Gasteiger partial charge on any atom is -0.489 e. The molecule has 0 saturated carbocycles. The van der Waals surface area contributed by atoms with E-state index in [1.165, 1.54) is 37.3 Å². The van der Waals surface area contributed by atoms with Crippen LogP contribution in [0.5, 0.6) is 5.75 Å². The van der Waals surface area contributed by atoms with Gasteiger partial charge in [-0.15, -0.1) is 11.3 Å². The molecule has 1 aliphatic rings. The fraction of sp³-hybridized carbons (Fsp3) is 0.417. The highest BCUT2D eigenvalue weighted by Gasteiger charge is 2.18. The highest BCUT2D eigenvalue weighted by atomic mass is 79.9. The molecule has 0 unspecified atom stereocenters. The number of amides is 1. The second-order valence-electron chi connectivity index (χ2n) is 8.51. The van der Waals surface area contributed by atoms with Crippen molar-refractivity contribution in [2.75, 3.05) is 38.2 Å². The molecule has 2 aromatic heterocycles. The summed E-state index contributed by atoms with van der Waals surface area (Å²) in [4.78, 5) is 19.6. The summed E-state index contributed by atoms with van der Waals surface area (Å²) in [5.74, 6) is 1.10. The van der Waals surface area contributed by atoms with Gasteiger partial charge in [0.15, 0.2) is 0 Å². The number of nitrogen functional groups attached to an aromatic ring is 1. The molecular weight excluding hydrogens is 568 g/mol. The van der Waals surface area contributed by atoms with Gasteiger partial charge in [0.1, 0.15) is 18.2 Å². The maximum absolute atomic E-state index is 12.8. The number of ether oxygens (including phenoxy) is 1. The van der Waals surface area contributed by atoms with Crippen molar-refractivity contribution >= 4 is 59.2 Å². The molecule has 1 amide bonds. The first-order valence-electron chi connectivity index (χ1n) is 11.6. The average molecular weight is 600 g/mol. The Kier molecular flexibility index (Phi) is 10.5. The van der Waals surface area contributed by atoms with Gasteiger partial charge < -0.3 is 20.7 Å². The number of likely N-dealkylation sites (tertiary alicyclic amines) is 1. The number of pyridine rings is 1. The Morgan fingerprint density at radius 3 is 2.58 bits per heavy atom. The first kappa shape index (κ1) is 28.3. The van der Waals surface area contributed by atoms with Gasteiger partial charge in [0.25, 0.3) is 16.0 Å². The van der Waals surface area contributed by atoms with E-state index < -0.39 is 10.1 Å². The quantitative estimate of drug-likeness (QED) is 0.245. The van der Waals surface area contributed by atoms with Crippen LogP contribution >= 0.6 is 27.3 Å². The van der Waals surface area contributed by atoms with Crippen molar-refractivity contribution in [1.82, 2.24) is 15.2 Å². The minimum atomic E-state index is -3.67. The zero-order chi connectivity index (χ0) is 26.1. The van der Waals surface area contributed by atoms with Gasteiger partial charge in [-0.25, -0.2) is 4.98 Å². The lowest BCUT2D eigenvalue weighted by molar-refractivity contribution is 0.0954. The molecule has 0 atom stereocenters. The summed E-state index contributed by atoms with van der Waals surface area (Å²) >= 11 is 4.93. The van der Waals surface area contributed by atoms with Crippen LogP contribution < -0.4 is 15.8 Å². The Morgan fingerprint density at radius 2 is 1.92 bits per heavy atom. The molecule has 36 heavy (non-hydrogen) atoms. The number of anilines is 1. The number of carbonyl (C=O) groups excluding carboxylic acids is 1. The smallest absolute Gasteiger partial charge is 0.261 e. The number of halogens is 1. The average Bonchev–Trinajstić information content (AvgIpc) is 3.48. The number of benzene rings is 1. The Labute approximate surface area is 223 Å². The van der Waals surface area contributed by atoms with E-state index in [1.807, 2.05) is 29.6 Å².